The zero-order valence-corrected chi connectivity index (χ0v) is 19.9. The van der Waals surface area contributed by atoms with Gasteiger partial charge < -0.3 is 5.32 Å². The third-order valence-electron chi connectivity index (χ3n) is 6.38. The van der Waals surface area contributed by atoms with Gasteiger partial charge in [-0.2, -0.15) is 9.40 Å². The van der Waals surface area contributed by atoms with Gasteiger partial charge in [-0.3, -0.25) is 4.79 Å². The fraction of sp³-hybridized carbons (Fsp3) is 0.375. The lowest BCUT2D eigenvalue weighted by molar-refractivity contribution is -0.126. The molecule has 1 atom stereocenters. The second-order valence-corrected chi connectivity index (χ2v) is 10.5. The SMILES string of the molecule is Cc1ccc(S(=O)(=O)N2CCC(C(=O)NC(C)c3ccc(-n4cncn4)cc3)CC2)cc1C. The van der Waals surface area contributed by atoms with Gasteiger partial charge in [0.25, 0.3) is 0 Å². The largest absolute Gasteiger partial charge is 0.349 e. The molecule has 0 radical (unpaired) electrons. The van der Waals surface area contributed by atoms with Gasteiger partial charge in [0.15, 0.2) is 0 Å². The van der Waals surface area contributed by atoms with Crippen molar-refractivity contribution in [2.24, 2.45) is 5.92 Å². The highest BCUT2D eigenvalue weighted by molar-refractivity contribution is 7.89. The maximum absolute atomic E-state index is 13.0. The molecule has 1 fully saturated rings. The Labute approximate surface area is 194 Å². The van der Waals surface area contributed by atoms with E-state index in [0.29, 0.717) is 30.8 Å². The number of amides is 1. The minimum atomic E-state index is -3.55. The number of carbonyl (C=O) groups is 1. The number of hydrogen-bond donors (Lipinski definition) is 1. The van der Waals surface area contributed by atoms with Crippen LogP contribution in [0.5, 0.6) is 0 Å². The van der Waals surface area contributed by atoms with Gasteiger partial charge in [0.1, 0.15) is 12.7 Å². The Bertz CT molecular complexity index is 1220. The summed E-state index contributed by atoms with van der Waals surface area (Å²) in [5.74, 6) is -0.237. The monoisotopic (exact) mass is 467 g/mol. The molecule has 1 saturated heterocycles. The average Bonchev–Trinajstić information content (AvgIpc) is 3.36. The molecule has 2 heterocycles. The average molecular weight is 468 g/mol. The van der Waals surface area contributed by atoms with Gasteiger partial charge in [0.2, 0.25) is 15.9 Å². The molecule has 8 nitrogen and oxygen atoms in total. The van der Waals surface area contributed by atoms with Crippen LogP contribution in [0.3, 0.4) is 0 Å². The summed E-state index contributed by atoms with van der Waals surface area (Å²) in [5, 5.41) is 7.19. The topological polar surface area (TPSA) is 97.2 Å². The number of rotatable bonds is 6. The van der Waals surface area contributed by atoms with Crippen molar-refractivity contribution in [3.63, 3.8) is 0 Å². The van der Waals surface area contributed by atoms with Crippen molar-refractivity contribution < 1.29 is 13.2 Å². The predicted molar refractivity (Wildman–Crippen MR) is 125 cm³/mol. The van der Waals surface area contributed by atoms with Crippen molar-refractivity contribution >= 4 is 15.9 Å². The van der Waals surface area contributed by atoms with E-state index in [1.54, 1.807) is 23.1 Å². The van der Waals surface area contributed by atoms with E-state index in [-0.39, 0.29) is 17.9 Å². The van der Waals surface area contributed by atoms with Crippen LogP contribution in [0.4, 0.5) is 0 Å². The minimum absolute atomic E-state index is 0.0360. The Morgan fingerprint density at radius 1 is 1.06 bits per heavy atom. The molecule has 1 aliphatic heterocycles. The number of nitrogens with one attached hydrogen (secondary N) is 1. The van der Waals surface area contributed by atoms with Gasteiger partial charge in [0.05, 0.1) is 16.6 Å². The number of nitrogens with zero attached hydrogens (tertiary/aromatic N) is 4. The van der Waals surface area contributed by atoms with Crippen molar-refractivity contribution in [3.8, 4) is 5.69 Å². The Morgan fingerprint density at radius 3 is 2.36 bits per heavy atom. The van der Waals surface area contributed by atoms with Crippen molar-refractivity contribution in [2.75, 3.05) is 13.1 Å². The molecular weight excluding hydrogens is 438 g/mol. The molecule has 174 valence electrons. The number of sulfonamides is 1. The van der Waals surface area contributed by atoms with E-state index in [0.717, 1.165) is 22.4 Å². The second-order valence-electron chi connectivity index (χ2n) is 8.59. The summed E-state index contributed by atoms with van der Waals surface area (Å²) in [6.07, 6.45) is 4.13. The molecule has 9 heteroatoms. The normalized spacial score (nSPS) is 16.5. The van der Waals surface area contributed by atoms with Crippen molar-refractivity contribution in [1.29, 1.82) is 0 Å². The summed E-state index contributed by atoms with van der Waals surface area (Å²) in [6, 6.07) is 12.8. The van der Waals surface area contributed by atoms with Gasteiger partial charge in [-0.05, 0) is 74.6 Å². The van der Waals surface area contributed by atoms with Crippen LogP contribution in [0, 0.1) is 19.8 Å². The summed E-state index contributed by atoms with van der Waals surface area (Å²) in [4.78, 5) is 17.1. The van der Waals surface area contributed by atoms with Crippen LogP contribution in [-0.2, 0) is 14.8 Å². The summed E-state index contributed by atoms with van der Waals surface area (Å²) in [5.41, 5.74) is 3.90. The molecule has 33 heavy (non-hydrogen) atoms. The number of carbonyl (C=O) groups excluding carboxylic acids is 1. The maximum atomic E-state index is 13.0. The first-order chi connectivity index (χ1) is 15.8. The van der Waals surface area contributed by atoms with E-state index in [2.05, 4.69) is 15.4 Å². The molecule has 3 aromatic rings. The molecule has 1 amide bonds. The molecule has 1 aromatic heterocycles. The Balaban J connectivity index is 1.34. The smallest absolute Gasteiger partial charge is 0.243 e. The zero-order valence-electron chi connectivity index (χ0n) is 19.1. The van der Waals surface area contributed by atoms with E-state index >= 15 is 0 Å². The molecule has 1 unspecified atom stereocenters. The molecular formula is C24H29N5O3S. The van der Waals surface area contributed by atoms with Crippen LogP contribution in [0.15, 0.2) is 60.0 Å². The number of aromatic nitrogens is 3. The van der Waals surface area contributed by atoms with Crippen molar-refractivity contribution in [3.05, 3.63) is 71.8 Å². The zero-order chi connectivity index (χ0) is 23.6. The van der Waals surface area contributed by atoms with Gasteiger partial charge in [0, 0.05) is 19.0 Å². The highest BCUT2D eigenvalue weighted by Crippen LogP contribution is 2.26. The molecule has 4 rings (SSSR count). The predicted octanol–water partition coefficient (Wildman–Crippen LogP) is 3.16. The number of aryl methyl sites for hydroxylation is 2. The first-order valence-electron chi connectivity index (χ1n) is 11.1. The Kier molecular flexibility index (Phi) is 6.62. The highest BCUT2D eigenvalue weighted by Gasteiger charge is 2.32. The number of benzene rings is 2. The lowest BCUT2D eigenvalue weighted by Crippen LogP contribution is -2.43. The molecule has 0 bridgehead atoms. The third-order valence-corrected chi connectivity index (χ3v) is 8.27. The van der Waals surface area contributed by atoms with E-state index in [1.807, 2.05) is 51.1 Å². The van der Waals surface area contributed by atoms with Gasteiger partial charge in [-0.1, -0.05) is 18.2 Å². The molecule has 0 aliphatic carbocycles. The maximum Gasteiger partial charge on any atom is 0.243 e. The van der Waals surface area contributed by atoms with Gasteiger partial charge >= 0.3 is 0 Å². The Morgan fingerprint density at radius 2 is 1.76 bits per heavy atom. The molecule has 1 N–H and O–H groups in total. The summed E-state index contributed by atoms with van der Waals surface area (Å²) in [6.45, 7) is 6.50. The molecule has 0 saturated carbocycles. The van der Waals surface area contributed by atoms with Crippen molar-refractivity contribution in [1.82, 2.24) is 24.4 Å². The van der Waals surface area contributed by atoms with Crippen LogP contribution in [0.1, 0.15) is 42.5 Å². The van der Waals surface area contributed by atoms with Crippen molar-refractivity contribution in [2.45, 2.75) is 44.6 Å². The van der Waals surface area contributed by atoms with Gasteiger partial charge in [-0.15, -0.1) is 0 Å². The fourth-order valence-electron chi connectivity index (χ4n) is 4.05. The Hall–Kier alpha value is -3.04. The first-order valence-corrected chi connectivity index (χ1v) is 12.5. The third kappa shape index (κ3) is 4.99. The van der Waals surface area contributed by atoms with Crippen LogP contribution < -0.4 is 5.32 Å². The van der Waals surface area contributed by atoms with E-state index in [4.69, 9.17) is 0 Å². The lowest BCUT2D eigenvalue weighted by atomic mass is 9.96. The fourth-order valence-corrected chi connectivity index (χ4v) is 5.61. The standard InChI is InChI=1S/C24H29N5O3S/c1-17-4-9-23(14-18(17)2)33(31,32)28-12-10-21(11-13-28)24(30)27-19(3)20-5-7-22(8-6-20)29-16-25-15-26-29/h4-9,14-16,19,21H,10-13H2,1-3H3,(H,27,30). The van der Waals surface area contributed by atoms with Crippen LogP contribution in [0.2, 0.25) is 0 Å². The lowest BCUT2D eigenvalue weighted by Gasteiger charge is -2.31. The number of hydrogen-bond acceptors (Lipinski definition) is 5. The van der Waals surface area contributed by atoms with Crippen LogP contribution in [0.25, 0.3) is 5.69 Å². The summed E-state index contributed by atoms with van der Waals surface area (Å²) in [7, 11) is -3.55. The summed E-state index contributed by atoms with van der Waals surface area (Å²) >= 11 is 0. The minimum Gasteiger partial charge on any atom is -0.349 e. The summed E-state index contributed by atoms with van der Waals surface area (Å²) < 4.78 is 29.2. The molecule has 1 aliphatic rings. The van der Waals surface area contributed by atoms with Crippen LogP contribution >= 0.6 is 0 Å². The number of piperidine rings is 1. The van der Waals surface area contributed by atoms with Crippen LogP contribution in [-0.4, -0.2) is 46.5 Å². The molecule has 2 aromatic carbocycles. The van der Waals surface area contributed by atoms with E-state index < -0.39 is 10.0 Å². The first kappa shape index (κ1) is 23.1. The molecule has 0 spiro atoms. The quantitative estimate of drug-likeness (QED) is 0.601. The second kappa shape index (κ2) is 9.44. The highest BCUT2D eigenvalue weighted by atomic mass is 32.2. The van der Waals surface area contributed by atoms with E-state index in [9.17, 15) is 13.2 Å². The van der Waals surface area contributed by atoms with E-state index in [1.165, 1.54) is 10.6 Å². The van der Waals surface area contributed by atoms with Gasteiger partial charge in [-0.25, -0.2) is 18.1 Å².